The average molecular weight is 219 g/mol. The van der Waals surface area contributed by atoms with Gasteiger partial charge in [-0.05, 0) is 5.92 Å². The average Bonchev–Trinajstić information content (AvgIpc) is 2.25. The van der Waals surface area contributed by atoms with Gasteiger partial charge in [0.1, 0.15) is 12.1 Å². The van der Waals surface area contributed by atoms with Crippen molar-refractivity contribution in [1.29, 1.82) is 5.26 Å². The molecule has 84 valence electrons. The maximum absolute atomic E-state index is 11.2. The minimum absolute atomic E-state index is 0.00560. The van der Waals surface area contributed by atoms with Gasteiger partial charge in [0.2, 0.25) is 5.91 Å². The van der Waals surface area contributed by atoms with Crippen molar-refractivity contribution in [2.45, 2.75) is 19.9 Å². The summed E-state index contributed by atoms with van der Waals surface area (Å²) in [6.07, 6.45) is 2.86. The number of hydrogen-bond donors (Lipinski definition) is 2. The van der Waals surface area contributed by atoms with Crippen molar-refractivity contribution < 1.29 is 4.79 Å². The minimum atomic E-state index is -0.566. The van der Waals surface area contributed by atoms with Crippen LogP contribution in [0.1, 0.15) is 19.5 Å². The zero-order chi connectivity index (χ0) is 12.1. The second kappa shape index (κ2) is 5.07. The standard InChI is InChI=1S/C10H13N5O/c1-6(2)8(9(12)16)15-10-7(5-11)13-3-4-14-10/h3-4,6,8H,1-2H3,(H2,12,16)(H,14,15). The van der Waals surface area contributed by atoms with Crippen molar-refractivity contribution in [3.05, 3.63) is 18.1 Å². The van der Waals surface area contributed by atoms with Gasteiger partial charge in [-0.15, -0.1) is 0 Å². The molecule has 0 aliphatic heterocycles. The summed E-state index contributed by atoms with van der Waals surface area (Å²) in [5.41, 5.74) is 5.39. The maximum Gasteiger partial charge on any atom is 0.240 e. The molecule has 1 aromatic rings. The Bertz CT molecular complexity index is 423. The monoisotopic (exact) mass is 219 g/mol. The lowest BCUT2D eigenvalue weighted by atomic mass is 10.0. The smallest absolute Gasteiger partial charge is 0.240 e. The number of nitrogens with one attached hydrogen (secondary N) is 1. The van der Waals surface area contributed by atoms with Crippen LogP contribution in [0.25, 0.3) is 0 Å². The van der Waals surface area contributed by atoms with Crippen molar-refractivity contribution in [1.82, 2.24) is 9.97 Å². The summed E-state index contributed by atoms with van der Waals surface area (Å²) in [5.74, 6) is -0.196. The number of hydrogen-bond acceptors (Lipinski definition) is 5. The Balaban J connectivity index is 2.94. The first-order chi connectivity index (χ1) is 7.56. The summed E-state index contributed by atoms with van der Waals surface area (Å²) in [6.45, 7) is 3.70. The zero-order valence-corrected chi connectivity index (χ0v) is 9.14. The Morgan fingerprint density at radius 1 is 1.50 bits per heavy atom. The fourth-order valence-corrected chi connectivity index (χ4v) is 1.24. The predicted octanol–water partition coefficient (Wildman–Crippen LogP) is 0.270. The molecule has 0 bridgehead atoms. The second-order valence-electron chi connectivity index (χ2n) is 3.63. The summed E-state index contributed by atoms with van der Waals surface area (Å²) >= 11 is 0. The molecular weight excluding hydrogens is 206 g/mol. The number of primary amides is 1. The van der Waals surface area contributed by atoms with Crippen LogP contribution in [-0.2, 0) is 4.79 Å². The topological polar surface area (TPSA) is 105 Å². The molecule has 3 N–H and O–H groups in total. The molecule has 1 rings (SSSR count). The first-order valence-corrected chi connectivity index (χ1v) is 4.83. The van der Waals surface area contributed by atoms with Crippen LogP contribution in [0.2, 0.25) is 0 Å². The number of carbonyl (C=O) groups is 1. The third kappa shape index (κ3) is 2.67. The number of nitriles is 1. The van der Waals surface area contributed by atoms with E-state index in [2.05, 4.69) is 15.3 Å². The molecule has 1 aromatic heterocycles. The van der Waals surface area contributed by atoms with E-state index in [1.54, 1.807) is 0 Å². The minimum Gasteiger partial charge on any atom is -0.368 e. The fourth-order valence-electron chi connectivity index (χ4n) is 1.24. The van der Waals surface area contributed by atoms with E-state index in [0.29, 0.717) is 0 Å². The molecule has 1 atom stereocenters. The van der Waals surface area contributed by atoms with Crippen LogP contribution in [0.3, 0.4) is 0 Å². The highest BCUT2D eigenvalue weighted by Gasteiger charge is 2.21. The highest BCUT2D eigenvalue weighted by Crippen LogP contribution is 2.12. The maximum atomic E-state index is 11.2. The first kappa shape index (κ1) is 11.9. The van der Waals surface area contributed by atoms with Crippen LogP contribution in [0.15, 0.2) is 12.4 Å². The first-order valence-electron chi connectivity index (χ1n) is 4.83. The quantitative estimate of drug-likeness (QED) is 0.756. The van der Waals surface area contributed by atoms with Gasteiger partial charge in [-0.25, -0.2) is 9.97 Å². The molecule has 6 heteroatoms. The van der Waals surface area contributed by atoms with E-state index in [4.69, 9.17) is 11.0 Å². The largest absolute Gasteiger partial charge is 0.368 e. The normalized spacial score (nSPS) is 11.9. The van der Waals surface area contributed by atoms with E-state index in [9.17, 15) is 4.79 Å². The van der Waals surface area contributed by atoms with Crippen molar-refractivity contribution in [2.75, 3.05) is 5.32 Å². The Morgan fingerprint density at radius 3 is 2.62 bits per heavy atom. The van der Waals surface area contributed by atoms with Gasteiger partial charge in [0.15, 0.2) is 11.5 Å². The number of anilines is 1. The van der Waals surface area contributed by atoms with Crippen molar-refractivity contribution in [3.63, 3.8) is 0 Å². The molecule has 0 saturated carbocycles. The Hall–Kier alpha value is -2.16. The molecule has 0 aliphatic rings. The SMILES string of the molecule is CC(C)C(Nc1nccnc1C#N)C(N)=O. The Labute approximate surface area is 93.5 Å². The molecule has 1 heterocycles. The molecule has 0 aliphatic carbocycles. The van der Waals surface area contributed by atoms with Gasteiger partial charge in [0.05, 0.1) is 0 Å². The lowest BCUT2D eigenvalue weighted by Gasteiger charge is -2.19. The lowest BCUT2D eigenvalue weighted by molar-refractivity contribution is -0.119. The van der Waals surface area contributed by atoms with E-state index in [0.717, 1.165) is 0 Å². The van der Waals surface area contributed by atoms with Gasteiger partial charge in [-0.2, -0.15) is 5.26 Å². The molecule has 0 saturated heterocycles. The predicted molar refractivity (Wildman–Crippen MR) is 58.2 cm³/mol. The summed E-state index contributed by atoms with van der Waals surface area (Å²) in [7, 11) is 0. The summed E-state index contributed by atoms with van der Waals surface area (Å²) in [5, 5.41) is 11.6. The van der Waals surface area contributed by atoms with Crippen LogP contribution in [-0.4, -0.2) is 21.9 Å². The third-order valence-corrected chi connectivity index (χ3v) is 2.07. The van der Waals surface area contributed by atoms with Crippen molar-refractivity contribution in [2.24, 2.45) is 11.7 Å². The summed E-state index contributed by atoms with van der Waals surface area (Å²) < 4.78 is 0. The number of aromatic nitrogens is 2. The van der Waals surface area contributed by atoms with Gasteiger partial charge in [-0.1, -0.05) is 13.8 Å². The second-order valence-corrected chi connectivity index (χ2v) is 3.63. The van der Waals surface area contributed by atoms with E-state index in [1.807, 2.05) is 19.9 Å². The van der Waals surface area contributed by atoms with Gasteiger partial charge in [0.25, 0.3) is 0 Å². The fraction of sp³-hybridized carbons (Fsp3) is 0.400. The number of carbonyl (C=O) groups excluding carboxylic acids is 1. The molecule has 6 nitrogen and oxygen atoms in total. The molecular formula is C10H13N5O. The van der Waals surface area contributed by atoms with Gasteiger partial charge in [-0.3, -0.25) is 4.79 Å². The highest BCUT2D eigenvalue weighted by molar-refractivity contribution is 5.83. The van der Waals surface area contributed by atoms with Gasteiger partial charge >= 0.3 is 0 Å². The van der Waals surface area contributed by atoms with Crippen LogP contribution in [0.5, 0.6) is 0 Å². The van der Waals surface area contributed by atoms with E-state index < -0.39 is 11.9 Å². The molecule has 1 amide bonds. The van der Waals surface area contributed by atoms with E-state index in [-0.39, 0.29) is 17.4 Å². The number of nitrogens with zero attached hydrogens (tertiary/aromatic N) is 3. The number of amides is 1. The number of nitrogens with two attached hydrogens (primary N) is 1. The van der Waals surface area contributed by atoms with Crippen LogP contribution >= 0.6 is 0 Å². The molecule has 0 fully saturated rings. The highest BCUT2D eigenvalue weighted by atomic mass is 16.1. The molecule has 1 unspecified atom stereocenters. The summed E-state index contributed by atoms with van der Waals surface area (Å²) in [6, 6.07) is 1.32. The van der Waals surface area contributed by atoms with Crippen LogP contribution in [0, 0.1) is 17.2 Å². The molecule has 0 spiro atoms. The third-order valence-electron chi connectivity index (χ3n) is 2.07. The lowest BCUT2D eigenvalue weighted by Crippen LogP contribution is -2.40. The van der Waals surface area contributed by atoms with E-state index >= 15 is 0 Å². The van der Waals surface area contributed by atoms with Crippen LogP contribution < -0.4 is 11.1 Å². The molecule has 0 radical (unpaired) electrons. The zero-order valence-electron chi connectivity index (χ0n) is 9.14. The van der Waals surface area contributed by atoms with Gasteiger partial charge in [0, 0.05) is 12.4 Å². The Kier molecular flexibility index (Phi) is 3.78. The van der Waals surface area contributed by atoms with Crippen molar-refractivity contribution in [3.8, 4) is 6.07 Å². The van der Waals surface area contributed by atoms with Crippen LogP contribution in [0.4, 0.5) is 5.82 Å². The Morgan fingerprint density at radius 2 is 2.12 bits per heavy atom. The van der Waals surface area contributed by atoms with E-state index in [1.165, 1.54) is 12.4 Å². The molecule has 0 aromatic carbocycles. The van der Waals surface area contributed by atoms with Crippen molar-refractivity contribution >= 4 is 11.7 Å². The van der Waals surface area contributed by atoms with Gasteiger partial charge < -0.3 is 11.1 Å². The number of rotatable bonds is 4. The summed E-state index contributed by atoms with van der Waals surface area (Å²) in [4.78, 5) is 19.0. The molecule has 16 heavy (non-hydrogen) atoms.